The lowest BCUT2D eigenvalue weighted by Gasteiger charge is -2.02. The normalized spacial score (nSPS) is 9.25. The molecule has 0 N–H and O–H groups in total. The van der Waals surface area contributed by atoms with Crippen molar-refractivity contribution in [3.63, 3.8) is 0 Å². The van der Waals surface area contributed by atoms with E-state index in [0.29, 0.717) is 11.4 Å². The van der Waals surface area contributed by atoms with Gasteiger partial charge in [0.05, 0.1) is 11.4 Å². The molecule has 0 aliphatic carbocycles. The quantitative estimate of drug-likeness (QED) is 0.565. The third kappa shape index (κ3) is 1.66. The Balaban J connectivity index is 2.86. The van der Waals surface area contributed by atoms with Gasteiger partial charge in [0.25, 0.3) is 0 Å². The number of benzene rings is 2. The van der Waals surface area contributed by atoms with Crippen LogP contribution in [0.2, 0.25) is 0 Å². The van der Waals surface area contributed by atoms with Gasteiger partial charge in [-0.05, 0) is 12.1 Å². The van der Waals surface area contributed by atoms with Crippen LogP contribution in [-0.4, -0.2) is 12.2 Å². The molecule has 76 valence electrons. The van der Waals surface area contributed by atoms with E-state index in [9.17, 15) is 9.59 Å². The molecule has 0 aliphatic rings. The second-order valence-corrected chi connectivity index (χ2v) is 3.06. The summed E-state index contributed by atoms with van der Waals surface area (Å²) in [4.78, 5) is 27.7. The average Bonchev–Trinajstić information content (AvgIpc) is 2.33. The van der Waals surface area contributed by atoms with Gasteiger partial charge in [-0.2, -0.15) is 9.98 Å². The molecule has 4 nitrogen and oxygen atoms in total. The maximum absolute atomic E-state index is 10.3. The Morgan fingerprint density at radius 1 is 0.750 bits per heavy atom. The molecule has 0 atom stereocenters. The zero-order valence-corrected chi connectivity index (χ0v) is 8.18. The SMILES string of the molecule is O=C=Nc1ccc(N=C=O)c2ccccc12. The summed E-state index contributed by atoms with van der Waals surface area (Å²) in [5.74, 6) is 0. The van der Waals surface area contributed by atoms with Crippen molar-refractivity contribution in [2.24, 2.45) is 9.98 Å². The maximum Gasteiger partial charge on any atom is 0.240 e. The van der Waals surface area contributed by atoms with Gasteiger partial charge in [-0.3, -0.25) is 0 Å². The summed E-state index contributed by atoms with van der Waals surface area (Å²) in [6.07, 6.45) is 2.99. The van der Waals surface area contributed by atoms with Crippen LogP contribution < -0.4 is 0 Å². The van der Waals surface area contributed by atoms with E-state index >= 15 is 0 Å². The van der Waals surface area contributed by atoms with Crippen molar-refractivity contribution in [1.82, 2.24) is 0 Å². The van der Waals surface area contributed by atoms with Crippen molar-refractivity contribution in [3.05, 3.63) is 36.4 Å². The Morgan fingerprint density at radius 3 is 1.56 bits per heavy atom. The van der Waals surface area contributed by atoms with Crippen molar-refractivity contribution in [2.75, 3.05) is 0 Å². The van der Waals surface area contributed by atoms with Crippen LogP contribution in [0, 0.1) is 0 Å². The summed E-state index contributed by atoms with van der Waals surface area (Å²) in [6.45, 7) is 0. The Labute approximate surface area is 91.0 Å². The molecule has 0 aromatic heterocycles. The summed E-state index contributed by atoms with van der Waals surface area (Å²) < 4.78 is 0. The Hall–Kier alpha value is -2.54. The largest absolute Gasteiger partial charge is 0.240 e. The smallest absolute Gasteiger partial charge is 0.211 e. The Kier molecular flexibility index (Phi) is 2.70. The predicted octanol–water partition coefficient (Wildman–Crippen LogP) is 2.77. The third-order valence-electron chi connectivity index (χ3n) is 2.21. The zero-order chi connectivity index (χ0) is 11.4. The Bertz CT molecular complexity index is 580. The molecule has 0 amide bonds. The maximum atomic E-state index is 10.3. The van der Waals surface area contributed by atoms with Gasteiger partial charge >= 0.3 is 0 Å². The molecule has 0 radical (unpaired) electrons. The van der Waals surface area contributed by atoms with Crippen molar-refractivity contribution < 1.29 is 9.59 Å². The van der Waals surface area contributed by atoms with Crippen molar-refractivity contribution in [3.8, 4) is 0 Å². The molecule has 4 heteroatoms. The number of aliphatic imine (C=N–C) groups is 2. The molecule has 0 saturated heterocycles. The van der Waals surface area contributed by atoms with Gasteiger partial charge in [0.2, 0.25) is 12.2 Å². The molecule has 0 spiro atoms. The molecular formula is C12H6N2O2. The molecule has 0 fully saturated rings. The minimum Gasteiger partial charge on any atom is -0.211 e. The number of rotatable bonds is 2. The lowest BCUT2D eigenvalue weighted by atomic mass is 10.1. The highest BCUT2D eigenvalue weighted by Crippen LogP contribution is 2.32. The van der Waals surface area contributed by atoms with E-state index < -0.39 is 0 Å². The molecule has 0 saturated carbocycles. The van der Waals surface area contributed by atoms with E-state index in [1.807, 2.05) is 12.1 Å². The van der Waals surface area contributed by atoms with Crippen LogP contribution in [0.25, 0.3) is 10.8 Å². The second kappa shape index (κ2) is 4.32. The van der Waals surface area contributed by atoms with Crippen LogP contribution in [0.1, 0.15) is 0 Å². The molecule has 0 bridgehead atoms. The molecule has 2 aromatic rings. The summed E-state index contributed by atoms with van der Waals surface area (Å²) in [5, 5.41) is 1.50. The van der Waals surface area contributed by atoms with E-state index in [1.165, 1.54) is 12.2 Å². The number of fused-ring (bicyclic) bond motifs is 1. The van der Waals surface area contributed by atoms with Gasteiger partial charge in [0.15, 0.2) is 0 Å². The minimum absolute atomic E-state index is 0.510. The molecular weight excluding hydrogens is 204 g/mol. The van der Waals surface area contributed by atoms with Crippen molar-refractivity contribution in [1.29, 1.82) is 0 Å². The lowest BCUT2D eigenvalue weighted by Crippen LogP contribution is -1.75. The molecule has 2 aromatic carbocycles. The van der Waals surface area contributed by atoms with E-state index in [-0.39, 0.29) is 0 Å². The first-order valence-electron chi connectivity index (χ1n) is 4.54. The topological polar surface area (TPSA) is 58.9 Å². The predicted molar refractivity (Wildman–Crippen MR) is 59.5 cm³/mol. The van der Waals surface area contributed by atoms with E-state index in [4.69, 9.17) is 0 Å². The van der Waals surface area contributed by atoms with Crippen LogP contribution in [0.3, 0.4) is 0 Å². The van der Waals surface area contributed by atoms with Crippen LogP contribution in [0.15, 0.2) is 46.4 Å². The van der Waals surface area contributed by atoms with Gasteiger partial charge in [-0.25, -0.2) is 9.59 Å². The third-order valence-corrected chi connectivity index (χ3v) is 2.21. The summed E-state index contributed by atoms with van der Waals surface area (Å²) in [7, 11) is 0. The summed E-state index contributed by atoms with van der Waals surface area (Å²) in [5.41, 5.74) is 1.02. The van der Waals surface area contributed by atoms with Gasteiger partial charge in [-0.1, -0.05) is 24.3 Å². The first-order valence-corrected chi connectivity index (χ1v) is 4.54. The Morgan fingerprint density at radius 2 is 1.19 bits per heavy atom. The molecule has 16 heavy (non-hydrogen) atoms. The molecule has 0 aliphatic heterocycles. The van der Waals surface area contributed by atoms with E-state index in [1.54, 1.807) is 24.3 Å². The van der Waals surface area contributed by atoms with Crippen molar-refractivity contribution >= 4 is 34.3 Å². The number of isocyanates is 2. The van der Waals surface area contributed by atoms with Crippen LogP contribution in [0.5, 0.6) is 0 Å². The highest BCUT2D eigenvalue weighted by molar-refractivity contribution is 6.00. The molecule has 0 unspecified atom stereocenters. The standard InChI is InChI=1S/C12H6N2O2/c15-7-13-11-5-6-12(14-8-16)10-4-2-1-3-9(10)11/h1-6H. The highest BCUT2D eigenvalue weighted by Gasteiger charge is 2.03. The fourth-order valence-electron chi connectivity index (χ4n) is 1.56. The van der Waals surface area contributed by atoms with E-state index in [2.05, 4.69) is 9.98 Å². The highest BCUT2D eigenvalue weighted by atomic mass is 16.1. The lowest BCUT2D eigenvalue weighted by molar-refractivity contribution is 0.564. The first kappa shape index (κ1) is 9.99. The number of nitrogens with zero attached hydrogens (tertiary/aromatic N) is 2. The average molecular weight is 210 g/mol. The van der Waals surface area contributed by atoms with Crippen LogP contribution in [0.4, 0.5) is 11.4 Å². The summed E-state index contributed by atoms with van der Waals surface area (Å²) >= 11 is 0. The zero-order valence-electron chi connectivity index (χ0n) is 8.18. The minimum atomic E-state index is 0.510. The molecule has 0 heterocycles. The van der Waals surface area contributed by atoms with Gasteiger partial charge in [0, 0.05) is 10.8 Å². The van der Waals surface area contributed by atoms with Crippen molar-refractivity contribution in [2.45, 2.75) is 0 Å². The number of hydrogen-bond acceptors (Lipinski definition) is 4. The number of hydrogen-bond donors (Lipinski definition) is 0. The second-order valence-electron chi connectivity index (χ2n) is 3.06. The van der Waals surface area contributed by atoms with Crippen LogP contribution in [-0.2, 0) is 9.59 Å². The van der Waals surface area contributed by atoms with Gasteiger partial charge < -0.3 is 0 Å². The van der Waals surface area contributed by atoms with Crippen LogP contribution >= 0.6 is 0 Å². The first-order chi connectivity index (χ1) is 7.86. The van der Waals surface area contributed by atoms with Gasteiger partial charge in [0.1, 0.15) is 0 Å². The number of carbonyl (C=O) groups excluding carboxylic acids is 2. The fraction of sp³-hybridized carbons (Fsp3) is 0. The molecule has 2 rings (SSSR count). The van der Waals surface area contributed by atoms with Gasteiger partial charge in [-0.15, -0.1) is 0 Å². The summed E-state index contributed by atoms with van der Waals surface area (Å²) in [6, 6.07) is 10.5. The fourth-order valence-corrected chi connectivity index (χ4v) is 1.56. The monoisotopic (exact) mass is 210 g/mol. The van der Waals surface area contributed by atoms with E-state index in [0.717, 1.165) is 10.8 Å².